The third-order valence-corrected chi connectivity index (χ3v) is 5.58. The largest absolute Gasteiger partial charge is 0.507 e. The topological polar surface area (TPSA) is 79.7 Å². The van der Waals surface area contributed by atoms with Crippen LogP contribution in [0.3, 0.4) is 0 Å². The van der Waals surface area contributed by atoms with E-state index in [4.69, 9.17) is 4.74 Å². The number of amides is 1. The molecule has 0 saturated carbocycles. The number of nitrogens with zero attached hydrogens (tertiary/aromatic N) is 2. The zero-order chi connectivity index (χ0) is 22.1. The summed E-state index contributed by atoms with van der Waals surface area (Å²) in [6, 6.07) is 15.1. The first-order chi connectivity index (χ1) is 14.9. The summed E-state index contributed by atoms with van der Waals surface area (Å²) in [7, 11) is 1.48. The number of hydrogen-bond acceptors (Lipinski definition) is 5. The Hall–Kier alpha value is -3.93. The number of methoxy groups -OCH3 is 1. The minimum Gasteiger partial charge on any atom is -0.507 e. The molecular formula is C25H22N2O4. The van der Waals surface area contributed by atoms with Gasteiger partial charge in [0.25, 0.3) is 11.7 Å². The van der Waals surface area contributed by atoms with Crippen molar-refractivity contribution in [2.24, 2.45) is 0 Å². The zero-order valence-electron chi connectivity index (χ0n) is 17.5. The van der Waals surface area contributed by atoms with E-state index in [1.54, 1.807) is 54.9 Å². The van der Waals surface area contributed by atoms with Crippen LogP contribution in [0.5, 0.6) is 5.75 Å². The molecule has 1 aliphatic rings. The van der Waals surface area contributed by atoms with Gasteiger partial charge >= 0.3 is 0 Å². The molecule has 0 spiro atoms. The van der Waals surface area contributed by atoms with Crippen molar-refractivity contribution < 1.29 is 19.4 Å². The number of ketones is 1. The Kier molecular flexibility index (Phi) is 5.29. The van der Waals surface area contributed by atoms with E-state index in [2.05, 4.69) is 4.98 Å². The van der Waals surface area contributed by atoms with E-state index in [1.165, 1.54) is 12.0 Å². The Balaban J connectivity index is 1.97. The van der Waals surface area contributed by atoms with Crippen LogP contribution in [0.15, 0.2) is 72.6 Å². The molecule has 1 atom stereocenters. The van der Waals surface area contributed by atoms with E-state index in [-0.39, 0.29) is 11.3 Å². The molecule has 1 amide bonds. The minimum atomic E-state index is -0.819. The maximum Gasteiger partial charge on any atom is 0.300 e. The maximum atomic E-state index is 13.2. The standard InChI is InChI=1S/C25H22N2O4/c1-15-10-11-18(13-16(15)2)27-22(17-7-6-12-26-14-17)21(24(29)25(27)30)23(28)19-8-4-5-9-20(19)31-3/h4-14,22,28H,1-3H3/b23-21+. The number of ether oxygens (including phenoxy) is 1. The van der Waals surface area contributed by atoms with Crippen molar-refractivity contribution in [2.45, 2.75) is 19.9 Å². The number of aliphatic hydroxyl groups is 1. The number of hydrogen-bond donors (Lipinski definition) is 1. The van der Waals surface area contributed by atoms with Crippen LogP contribution in [0.4, 0.5) is 5.69 Å². The summed E-state index contributed by atoms with van der Waals surface area (Å²) >= 11 is 0. The number of aromatic nitrogens is 1. The van der Waals surface area contributed by atoms with E-state index in [9.17, 15) is 14.7 Å². The van der Waals surface area contributed by atoms with Gasteiger partial charge in [0.15, 0.2) is 0 Å². The van der Waals surface area contributed by atoms with Gasteiger partial charge in [0.05, 0.1) is 24.3 Å². The van der Waals surface area contributed by atoms with Gasteiger partial charge in [-0.25, -0.2) is 0 Å². The highest BCUT2D eigenvalue weighted by molar-refractivity contribution is 6.51. The number of anilines is 1. The second-order valence-electron chi connectivity index (χ2n) is 7.42. The number of rotatable bonds is 4. The molecule has 31 heavy (non-hydrogen) atoms. The summed E-state index contributed by atoms with van der Waals surface area (Å²) < 4.78 is 5.35. The van der Waals surface area contributed by atoms with Gasteiger partial charge < -0.3 is 9.84 Å². The van der Waals surface area contributed by atoms with Gasteiger partial charge in [-0.1, -0.05) is 24.3 Å². The molecule has 6 nitrogen and oxygen atoms in total. The maximum absolute atomic E-state index is 13.2. The van der Waals surface area contributed by atoms with Crippen LogP contribution in [-0.2, 0) is 9.59 Å². The van der Waals surface area contributed by atoms with Crippen LogP contribution in [0, 0.1) is 13.8 Å². The molecule has 3 aromatic rings. The molecule has 0 bridgehead atoms. The highest BCUT2D eigenvalue weighted by Gasteiger charge is 2.47. The second-order valence-corrected chi connectivity index (χ2v) is 7.42. The monoisotopic (exact) mass is 414 g/mol. The number of aliphatic hydroxyl groups excluding tert-OH is 1. The summed E-state index contributed by atoms with van der Waals surface area (Å²) in [6.45, 7) is 3.93. The van der Waals surface area contributed by atoms with Gasteiger partial charge in [0, 0.05) is 18.1 Å². The lowest BCUT2D eigenvalue weighted by atomic mass is 9.95. The summed E-state index contributed by atoms with van der Waals surface area (Å²) in [5, 5.41) is 11.2. The molecule has 4 rings (SSSR count). The molecule has 1 aliphatic heterocycles. The van der Waals surface area contributed by atoms with E-state index in [1.807, 2.05) is 26.0 Å². The SMILES string of the molecule is COc1ccccc1/C(O)=C1\C(=O)C(=O)N(c2ccc(C)c(C)c2)C1c1cccnc1. The van der Waals surface area contributed by atoms with Crippen molar-refractivity contribution in [3.8, 4) is 5.75 Å². The van der Waals surface area contributed by atoms with Crippen molar-refractivity contribution in [3.05, 3.63) is 94.8 Å². The lowest BCUT2D eigenvalue weighted by Gasteiger charge is -2.25. The van der Waals surface area contributed by atoms with Gasteiger partial charge in [0.2, 0.25) is 0 Å². The fraction of sp³-hybridized carbons (Fsp3) is 0.160. The average molecular weight is 414 g/mol. The highest BCUT2D eigenvalue weighted by atomic mass is 16.5. The van der Waals surface area contributed by atoms with Crippen LogP contribution in [0.25, 0.3) is 5.76 Å². The van der Waals surface area contributed by atoms with Gasteiger partial charge in [-0.05, 0) is 60.9 Å². The molecule has 1 N–H and O–H groups in total. The number of carbonyl (C=O) groups excluding carboxylic acids is 2. The van der Waals surface area contributed by atoms with Crippen LogP contribution in [0.2, 0.25) is 0 Å². The number of pyridine rings is 1. The van der Waals surface area contributed by atoms with Crippen molar-refractivity contribution in [1.82, 2.24) is 4.98 Å². The molecule has 2 heterocycles. The van der Waals surface area contributed by atoms with Gasteiger partial charge in [-0.15, -0.1) is 0 Å². The van der Waals surface area contributed by atoms with E-state index < -0.39 is 17.7 Å². The first kappa shape index (κ1) is 20.3. The highest BCUT2D eigenvalue weighted by Crippen LogP contribution is 2.43. The van der Waals surface area contributed by atoms with Crippen LogP contribution < -0.4 is 9.64 Å². The van der Waals surface area contributed by atoms with Gasteiger partial charge in [0.1, 0.15) is 11.5 Å². The summed E-state index contributed by atoms with van der Waals surface area (Å²) in [5.41, 5.74) is 3.62. The molecular weight excluding hydrogens is 392 g/mol. The molecule has 1 fully saturated rings. The number of benzene rings is 2. The smallest absolute Gasteiger partial charge is 0.300 e. The molecule has 0 radical (unpaired) electrons. The Bertz CT molecular complexity index is 1200. The Morgan fingerprint density at radius 2 is 1.81 bits per heavy atom. The fourth-order valence-electron chi connectivity index (χ4n) is 3.81. The average Bonchev–Trinajstić information content (AvgIpc) is 3.06. The first-order valence-electron chi connectivity index (χ1n) is 9.85. The molecule has 1 unspecified atom stereocenters. The lowest BCUT2D eigenvalue weighted by molar-refractivity contribution is -0.132. The zero-order valence-corrected chi connectivity index (χ0v) is 17.5. The molecule has 6 heteroatoms. The number of Topliss-reactive ketones (excluding diaryl/α,β-unsaturated/α-hetero) is 1. The summed E-state index contributed by atoms with van der Waals surface area (Å²) in [4.78, 5) is 31.9. The van der Waals surface area contributed by atoms with Crippen molar-refractivity contribution >= 4 is 23.1 Å². The number of para-hydroxylation sites is 1. The van der Waals surface area contributed by atoms with Gasteiger partial charge in [-0.3, -0.25) is 19.5 Å². The third kappa shape index (κ3) is 3.46. The van der Waals surface area contributed by atoms with Crippen molar-refractivity contribution in [3.63, 3.8) is 0 Å². The summed E-state index contributed by atoms with van der Waals surface area (Å²) in [5.74, 6) is -1.33. The quantitative estimate of drug-likeness (QED) is 0.390. The van der Waals surface area contributed by atoms with E-state index >= 15 is 0 Å². The first-order valence-corrected chi connectivity index (χ1v) is 9.85. The number of carbonyl (C=O) groups is 2. The summed E-state index contributed by atoms with van der Waals surface area (Å²) in [6.07, 6.45) is 3.21. The lowest BCUT2D eigenvalue weighted by Crippen LogP contribution is -2.29. The normalized spacial score (nSPS) is 17.8. The van der Waals surface area contributed by atoms with Crippen molar-refractivity contribution in [2.75, 3.05) is 12.0 Å². The molecule has 0 aliphatic carbocycles. The Morgan fingerprint density at radius 3 is 2.48 bits per heavy atom. The minimum absolute atomic E-state index is 0.000674. The predicted octanol–water partition coefficient (Wildman–Crippen LogP) is 4.33. The second kappa shape index (κ2) is 8.07. The van der Waals surface area contributed by atoms with Crippen LogP contribution in [-0.4, -0.2) is 28.9 Å². The molecule has 1 aromatic heterocycles. The van der Waals surface area contributed by atoms with Crippen LogP contribution >= 0.6 is 0 Å². The van der Waals surface area contributed by atoms with E-state index in [0.29, 0.717) is 22.6 Å². The number of aryl methyl sites for hydroxylation is 2. The van der Waals surface area contributed by atoms with E-state index in [0.717, 1.165) is 11.1 Å². The van der Waals surface area contributed by atoms with Crippen molar-refractivity contribution in [1.29, 1.82) is 0 Å². The molecule has 2 aromatic carbocycles. The van der Waals surface area contributed by atoms with Gasteiger partial charge in [-0.2, -0.15) is 0 Å². The molecule has 1 saturated heterocycles. The molecule has 156 valence electrons. The fourth-order valence-corrected chi connectivity index (χ4v) is 3.81. The Labute approximate surface area is 180 Å². The third-order valence-electron chi connectivity index (χ3n) is 5.58. The Morgan fingerprint density at radius 1 is 1.03 bits per heavy atom. The predicted molar refractivity (Wildman–Crippen MR) is 118 cm³/mol. The van der Waals surface area contributed by atoms with Crippen LogP contribution in [0.1, 0.15) is 28.3 Å².